The zero-order chi connectivity index (χ0) is 19.8. The topological polar surface area (TPSA) is 41.4 Å². The Bertz CT molecular complexity index is 1010. The van der Waals surface area contributed by atoms with Gasteiger partial charge in [-0.2, -0.15) is 0 Å². The number of rotatable bonds is 4. The molecule has 0 N–H and O–H groups in total. The normalized spacial score (nSPS) is 15.5. The highest BCUT2D eigenvalue weighted by Gasteiger charge is 2.17. The third-order valence-corrected chi connectivity index (χ3v) is 5.76. The fraction of sp³-hybridized carbons (Fsp3) is 0.391. The number of carbonyl (C=O) groups excluding carboxylic acids is 1. The molecule has 0 radical (unpaired) electrons. The van der Waals surface area contributed by atoms with E-state index in [1.807, 2.05) is 18.5 Å². The quantitative estimate of drug-likeness (QED) is 0.641. The van der Waals surface area contributed by atoms with Crippen molar-refractivity contribution in [3.05, 3.63) is 47.9 Å². The summed E-state index contributed by atoms with van der Waals surface area (Å²) in [5.74, 6) is 0. The van der Waals surface area contributed by atoms with E-state index in [0.29, 0.717) is 6.04 Å². The van der Waals surface area contributed by atoms with Crippen LogP contribution in [0.4, 0.5) is 5.69 Å². The van der Waals surface area contributed by atoms with Crippen LogP contribution in [0.3, 0.4) is 0 Å². The van der Waals surface area contributed by atoms with Crippen LogP contribution in [-0.4, -0.2) is 54.0 Å². The summed E-state index contributed by atoms with van der Waals surface area (Å²) < 4.78 is 2.25. The molecule has 5 heteroatoms. The first-order valence-electron chi connectivity index (χ1n) is 9.97. The molecular weight excluding hydrogens is 348 g/mol. The van der Waals surface area contributed by atoms with Crippen LogP contribution < -0.4 is 4.90 Å². The molecule has 1 aliphatic heterocycles. The molecule has 0 saturated carbocycles. The van der Waals surface area contributed by atoms with E-state index >= 15 is 0 Å². The van der Waals surface area contributed by atoms with E-state index in [1.54, 1.807) is 0 Å². The third kappa shape index (κ3) is 3.31. The zero-order valence-electron chi connectivity index (χ0n) is 17.1. The van der Waals surface area contributed by atoms with Crippen molar-refractivity contribution in [3.8, 4) is 11.1 Å². The lowest BCUT2D eigenvalue weighted by molar-refractivity contribution is 0.112. The van der Waals surface area contributed by atoms with E-state index < -0.39 is 0 Å². The van der Waals surface area contributed by atoms with Gasteiger partial charge in [0.1, 0.15) is 0 Å². The van der Waals surface area contributed by atoms with Gasteiger partial charge in [0.2, 0.25) is 0 Å². The monoisotopic (exact) mass is 376 g/mol. The Morgan fingerprint density at radius 3 is 2.46 bits per heavy atom. The second kappa shape index (κ2) is 7.40. The molecule has 0 aliphatic carbocycles. The zero-order valence-corrected chi connectivity index (χ0v) is 17.1. The maximum Gasteiger partial charge on any atom is 0.150 e. The van der Waals surface area contributed by atoms with Gasteiger partial charge in [-0.25, -0.2) is 0 Å². The smallest absolute Gasteiger partial charge is 0.150 e. The van der Waals surface area contributed by atoms with Crippen LogP contribution in [0.2, 0.25) is 0 Å². The summed E-state index contributed by atoms with van der Waals surface area (Å²) in [5.41, 5.74) is 6.23. The maximum absolute atomic E-state index is 11.8. The molecule has 146 valence electrons. The van der Waals surface area contributed by atoms with Crippen LogP contribution in [0.5, 0.6) is 0 Å². The van der Waals surface area contributed by atoms with Crippen molar-refractivity contribution < 1.29 is 4.79 Å². The lowest BCUT2D eigenvalue weighted by Gasteiger charge is -2.34. The summed E-state index contributed by atoms with van der Waals surface area (Å²) in [7, 11) is 2.16. The van der Waals surface area contributed by atoms with E-state index in [0.717, 1.165) is 71.3 Å². The first-order valence-corrected chi connectivity index (χ1v) is 9.97. The molecule has 0 amide bonds. The first kappa shape index (κ1) is 18.7. The fourth-order valence-electron chi connectivity index (χ4n) is 4.13. The van der Waals surface area contributed by atoms with E-state index in [9.17, 15) is 4.79 Å². The summed E-state index contributed by atoms with van der Waals surface area (Å²) in [6.07, 6.45) is 6.95. The number of anilines is 1. The van der Waals surface area contributed by atoms with E-state index in [1.165, 1.54) is 0 Å². The van der Waals surface area contributed by atoms with Gasteiger partial charge >= 0.3 is 0 Å². The summed E-state index contributed by atoms with van der Waals surface area (Å²) in [6.45, 7) is 10.6. The summed E-state index contributed by atoms with van der Waals surface area (Å²) in [6, 6.07) is 6.72. The Morgan fingerprint density at radius 2 is 1.79 bits per heavy atom. The van der Waals surface area contributed by atoms with E-state index in [-0.39, 0.29) is 0 Å². The molecule has 4 rings (SSSR count). The summed E-state index contributed by atoms with van der Waals surface area (Å²) in [4.78, 5) is 21.1. The van der Waals surface area contributed by atoms with Gasteiger partial charge in [-0.1, -0.05) is 0 Å². The van der Waals surface area contributed by atoms with Crippen molar-refractivity contribution >= 4 is 22.9 Å². The van der Waals surface area contributed by atoms with Gasteiger partial charge in [-0.05, 0) is 57.1 Å². The van der Waals surface area contributed by atoms with Crippen molar-refractivity contribution in [1.82, 2.24) is 14.5 Å². The predicted octanol–water partition coefficient (Wildman–Crippen LogP) is 4.16. The number of likely N-dealkylation sites (N-methyl/N-ethyl adjacent to an activating group) is 1. The minimum absolute atomic E-state index is 0.334. The average Bonchev–Trinajstić information content (AvgIpc) is 3.05. The van der Waals surface area contributed by atoms with Crippen LogP contribution in [-0.2, 0) is 0 Å². The molecule has 0 unspecified atom stereocenters. The van der Waals surface area contributed by atoms with Crippen molar-refractivity contribution in [2.75, 3.05) is 38.1 Å². The minimum atomic E-state index is 0.334. The number of pyridine rings is 1. The largest absolute Gasteiger partial charge is 0.368 e. The first-order chi connectivity index (χ1) is 13.5. The summed E-state index contributed by atoms with van der Waals surface area (Å²) in [5, 5.41) is 1.05. The van der Waals surface area contributed by atoms with Gasteiger partial charge in [0.15, 0.2) is 6.29 Å². The Hall–Kier alpha value is -2.66. The number of aryl methyl sites for hydroxylation is 1. The van der Waals surface area contributed by atoms with Gasteiger partial charge in [0.25, 0.3) is 0 Å². The molecule has 3 heterocycles. The van der Waals surface area contributed by atoms with Crippen molar-refractivity contribution in [1.29, 1.82) is 0 Å². The number of nitrogens with zero attached hydrogens (tertiary/aromatic N) is 4. The number of hydrogen-bond donors (Lipinski definition) is 0. The number of carbonyl (C=O) groups is 1. The van der Waals surface area contributed by atoms with Gasteiger partial charge in [-0.3, -0.25) is 9.78 Å². The average molecular weight is 377 g/mol. The van der Waals surface area contributed by atoms with Gasteiger partial charge in [0.05, 0.1) is 11.9 Å². The second-order valence-corrected chi connectivity index (χ2v) is 8.11. The second-order valence-electron chi connectivity index (χ2n) is 8.11. The van der Waals surface area contributed by atoms with Crippen molar-refractivity contribution in [2.45, 2.75) is 26.8 Å². The molecule has 0 bridgehead atoms. The molecule has 0 atom stereocenters. The Balaban J connectivity index is 1.80. The molecule has 28 heavy (non-hydrogen) atoms. The van der Waals surface area contributed by atoms with Crippen LogP contribution in [0, 0.1) is 6.92 Å². The standard InChI is InChI=1S/C23H28N4O/c1-16(2)27-14-17(3)23-20(15-28)9-18(11-22(23)27)19-10-21(13-24-12-19)26-7-5-25(4)6-8-26/h9-16H,5-8H2,1-4H3. The molecule has 0 spiro atoms. The molecule has 1 aliphatic rings. The number of benzene rings is 1. The Labute approximate surface area is 166 Å². The minimum Gasteiger partial charge on any atom is -0.368 e. The van der Waals surface area contributed by atoms with E-state index in [2.05, 4.69) is 65.5 Å². The van der Waals surface area contributed by atoms with Crippen molar-refractivity contribution in [2.24, 2.45) is 0 Å². The molecule has 1 fully saturated rings. The van der Waals surface area contributed by atoms with Gasteiger partial charge in [-0.15, -0.1) is 0 Å². The number of hydrogen-bond acceptors (Lipinski definition) is 4. The predicted molar refractivity (Wildman–Crippen MR) is 115 cm³/mol. The highest BCUT2D eigenvalue weighted by molar-refractivity contribution is 6.02. The number of aromatic nitrogens is 2. The van der Waals surface area contributed by atoms with Crippen LogP contribution in [0.15, 0.2) is 36.8 Å². The molecular formula is C23H28N4O. The maximum atomic E-state index is 11.8. The highest BCUT2D eigenvalue weighted by atomic mass is 16.1. The number of piperazine rings is 1. The van der Waals surface area contributed by atoms with Crippen LogP contribution >= 0.6 is 0 Å². The Kier molecular flexibility index (Phi) is 4.94. The number of aldehydes is 1. The fourth-order valence-corrected chi connectivity index (χ4v) is 4.13. The summed E-state index contributed by atoms with van der Waals surface area (Å²) >= 11 is 0. The molecule has 3 aromatic rings. The highest BCUT2D eigenvalue weighted by Crippen LogP contribution is 2.33. The Morgan fingerprint density at radius 1 is 1.04 bits per heavy atom. The SMILES string of the molecule is Cc1cn(C(C)C)c2cc(-c3cncc(N4CCN(C)CC4)c3)cc(C=O)c12. The van der Waals surface area contributed by atoms with Crippen LogP contribution in [0.1, 0.15) is 35.8 Å². The third-order valence-electron chi connectivity index (χ3n) is 5.76. The molecule has 2 aromatic heterocycles. The lowest BCUT2D eigenvalue weighted by atomic mass is 10.00. The lowest BCUT2D eigenvalue weighted by Crippen LogP contribution is -2.44. The molecule has 1 aromatic carbocycles. The van der Waals surface area contributed by atoms with Crippen molar-refractivity contribution in [3.63, 3.8) is 0 Å². The molecule has 5 nitrogen and oxygen atoms in total. The number of fused-ring (bicyclic) bond motifs is 1. The van der Waals surface area contributed by atoms with Gasteiger partial charge < -0.3 is 14.4 Å². The molecule has 1 saturated heterocycles. The van der Waals surface area contributed by atoms with Gasteiger partial charge in [0, 0.05) is 66.6 Å². The van der Waals surface area contributed by atoms with E-state index in [4.69, 9.17) is 0 Å². The van der Waals surface area contributed by atoms with Crippen LogP contribution in [0.25, 0.3) is 22.0 Å².